The van der Waals surface area contributed by atoms with E-state index in [1.165, 1.54) is 25.7 Å². The number of hydrogen-bond donors (Lipinski definition) is 1. The van der Waals surface area contributed by atoms with Crippen LogP contribution < -0.4 is 5.32 Å². The van der Waals surface area contributed by atoms with Gasteiger partial charge in [-0.15, -0.1) is 0 Å². The lowest BCUT2D eigenvalue weighted by molar-refractivity contribution is -0.126. The van der Waals surface area contributed by atoms with Crippen molar-refractivity contribution in [3.8, 4) is 0 Å². The number of carbonyl (C=O) groups is 1. The van der Waals surface area contributed by atoms with E-state index in [9.17, 15) is 4.79 Å². The molecule has 2 nitrogen and oxygen atoms in total. The molecule has 15 heavy (non-hydrogen) atoms. The highest BCUT2D eigenvalue weighted by molar-refractivity contribution is 5.82. The Morgan fingerprint density at radius 1 is 1.40 bits per heavy atom. The Bertz CT molecular complexity index is 221. The van der Waals surface area contributed by atoms with Crippen LogP contribution in [-0.2, 0) is 4.79 Å². The Hall–Kier alpha value is -0.370. The van der Waals surface area contributed by atoms with Crippen LogP contribution in [0.3, 0.4) is 0 Å². The molecule has 2 fully saturated rings. The first-order valence-electron chi connectivity index (χ1n) is 6.57. The summed E-state index contributed by atoms with van der Waals surface area (Å²) in [5, 5.41) is 3.50. The fraction of sp³-hybridized carbons (Fsp3) is 0.923. The van der Waals surface area contributed by atoms with Crippen LogP contribution in [0.5, 0.6) is 0 Å². The highest BCUT2D eigenvalue weighted by Gasteiger charge is 2.35. The number of nitrogens with one attached hydrogen (secondary N) is 1. The van der Waals surface area contributed by atoms with Crippen molar-refractivity contribution in [3.05, 3.63) is 0 Å². The highest BCUT2D eigenvalue weighted by atomic mass is 16.1. The van der Waals surface area contributed by atoms with Gasteiger partial charge >= 0.3 is 0 Å². The molecule has 2 rings (SSSR count). The standard InChI is InChI=1S/C13H23NO/c1-2-4-10-6-7-13(15)11(9-10)12-5-3-8-14-12/h10-12,14H,2-9H2,1H3. The summed E-state index contributed by atoms with van der Waals surface area (Å²) in [7, 11) is 0. The van der Waals surface area contributed by atoms with Crippen molar-refractivity contribution in [2.75, 3.05) is 6.54 Å². The lowest BCUT2D eigenvalue weighted by atomic mass is 9.75. The van der Waals surface area contributed by atoms with Gasteiger partial charge in [-0.3, -0.25) is 4.79 Å². The van der Waals surface area contributed by atoms with Gasteiger partial charge in [0.2, 0.25) is 0 Å². The van der Waals surface area contributed by atoms with Gasteiger partial charge in [-0.25, -0.2) is 0 Å². The van der Waals surface area contributed by atoms with Crippen molar-refractivity contribution in [3.63, 3.8) is 0 Å². The number of ketones is 1. The first-order chi connectivity index (χ1) is 7.31. The Balaban J connectivity index is 1.92. The summed E-state index contributed by atoms with van der Waals surface area (Å²) in [5.74, 6) is 1.69. The number of hydrogen-bond acceptors (Lipinski definition) is 2. The molecule has 0 spiro atoms. The molecule has 1 N–H and O–H groups in total. The maximum Gasteiger partial charge on any atom is 0.137 e. The van der Waals surface area contributed by atoms with Gasteiger partial charge in [0, 0.05) is 18.4 Å². The van der Waals surface area contributed by atoms with E-state index < -0.39 is 0 Å². The minimum Gasteiger partial charge on any atom is -0.313 e. The van der Waals surface area contributed by atoms with Crippen molar-refractivity contribution in [2.45, 2.75) is 57.9 Å². The van der Waals surface area contributed by atoms with E-state index in [4.69, 9.17) is 0 Å². The van der Waals surface area contributed by atoms with Gasteiger partial charge in [0.25, 0.3) is 0 Å². The smallest absolute Gasteiger partial charge is 0.137 e. The van der Waals surface area contributed by atoms with E-state index in [1.807, 2.05) is 0 Å². The SMILES string of the molecule is CCCC1CCC(=O)C(C2CCCN2)C1. The molecular weight excluding hydrogens is 186 g/mol. The summed E-state index contributed by atoms with van der Waals surface area (Å²) in [6.45, 7) is 3.37. The second-order valence-electron chi connectivity index (χ2n) is 5.20. The van der Waals surface area contributed by atoms with Gasteiger partial charge < -0.3 is 5.32 Å². The van der Waals surface area contributed by atoms with Crippen LogP contribution in [0, 0.1) is 11.8 Å². The largest absolute Gasteiger partial charge is 0.313 e. The Labute approximate surface area is 92.8 Å². The second-order valence-corrected chi connectivity index (χ2v) is 5.20. The fourth-order valence-corrected chi connectivity index (χ4v) is 3.25. The summed E-state index contributed by atoms with van der Waals surface area (Å²) in [5.41, 5.74) is 0. The van der Waals surface area contributed by atoms with Crippen LogP contribution in [0.15, 0.2) is 0 Å². The normalized spacial score (nSPS) is 37.1. The number of carbonyl (C=O) groups excluding carboxylic acids is 1. The van der Waals surface area contributed by atoms with Crippen LogP contribution in [0.1, 0.15) is 51.9 Å². The molecule has 0 radical (unpaired) electrons. The van der Waals surface area contributed by atoms with Crippen molar-refractivity contribution in [1.82, 2.24) is 5.32 Å². The fourth-order valence-electron chi connectivity index (χ4n) is 3.25. The molecular formula is C13H23NO. The van der Waals surface area contributed by atoms with Crippen molar-refractivity contribution >= 4 is 5.78 Å². The maximum absolute atomic E-state index is 11.9. The van der Waals surface area contributed by atoms with Gasteiger partial charge in [0.05, 0.1) is 0 Å². The van der Waals surface area contributed by atoms with Crippen molar-refractivity contribution in [1.29, 1.82) is 0 Å². The summed E-state index contributed by atoms with van der Waals surface area (Å²) in [4.78, 5) is 11.9. The van der Waals surface area contributed by atoms with E-state index in [2.05, 4.69) is 12.2 Å². The highest BCUT2D eigenvalue weighted by Crippen LogP contribution is 2.33. The third-order valence-electron chi connectivity index (χ3n) is 4.08. The van der Waals surface area contributed by atoms with E-state index in [1.54, 1.807) is 0 Å². The van der Waals surface area contributed by atoms with Crippen LogP contribution in [0.25, 0.3) is 0 Å². The molecule has 2 heteroatoms. The first-order valence-corrected chi connectivity index (χ1v) is 6.57. The predicted molar refractivity (Wildman–Crippen MR) is 61.8 cm³/mol. The molecule has 86 valence electrons. The third-order valence-corrected chi connectivity index (χ3v) is 4.08. The maximum atomic E-state index is 11.9. The van der Waals surface area contributed by atoms with Crippen LogP contribution in [-0.4, -0.2) is 18.4 Å². The Morgan fingerprint density at radius 2 is 2.27 bits per heavy atom. The van der Waals surface area contributed by atoms with Crippen LogP contribution >= 0.6 is 0 Å². The molecule has 0 aromatic heterocycles. The lowest BCUT2D eigenvalue weighted by Gasteiger charge is -2.31. The molecule has 1 heterocycles. The molecule has 1 saturated heterocycles. The molecule has 0 aromatic rings. The molecule has 2 aliphatic rings. The average molecular weight is 209 g/mol. The summed E-state index contributed by atoms with van der Waals surface area (Å²) >= 11 is 0. The summed E-state index contributed by atoms with van der Waals surface area (Å²) in [6.07, 6.45) is 8.20. The average Bonchev–Trinajstić information content (AvgIpc) is 2.74. The molecule has 1 aliphatic carbocycles. The van der Waals surface area contributed by atoms with Crippen LogP contribution in [0.2, 0.25) is 0 Å². The molecule has 3 atom stereocenters. The Kier molecular flexibility index (Phi) is 3.79. The molecule has 1 aliphatic heterocycles. The number of rotatable bonds is 3. The van der Waals surface area contributed by atoms with E-state index in [-0.39, 0.29) is 0 Å². The topological polar surface area (TPSA) is 29.1 Å². The van der Waals surface area contributed by atoms with Gasteiger partial charge in [-0.05, 0) is 38.1 Å². The van der Waals surface area contributed by atoms with Crippen molar-refractivity contribution < 1.29 is 4.79 Å². The minimum absolute atomic E-state index is 0.345. The first kappa shape index (κ1) is 11.1. The number of Topliss-reactive ketones (excluding diaryl/α,β-unsaturated/α-hetero) is 1. The van der Waals surface area contributed by atoms with Gasteiger partial charge in [-0.2, -0.15) is 0 Å². The summed E-state index contributed by atoms with van der Waals surface area (Å²) < 4.78 is 0. The zero-order valence-electron chi connectivity index (χ0n) is 9.80. The molecule has 0 aromatic carbocycles. The molecule has 3 unspecified atom stereocenters. The molecule has 0 amide bonds. The second kappa shape index (κ2) is 5.11. The van der Waals surface area contributed by atoms with Gasteiger partial charge in [-0.1, -0.05) is 19.8 Å². The van der Waals surface area contributed by atoms with Crippen LogP contribution in [0.4, 0.5) is 0 Å². The summed E-state index contributed by atoms with van der Waals surface area (Å²) in [6, 6.07) is 0.511. The lowest BCUT2D eigenvalue weighted by Crippen LogP contribution is -2.39. The van der Waals surface area contributed by atoms with E-state index in [0.717, 1.165) is 31.7 Å². The molecule has 0 bridgehead atoms. The quantitative estimate of drug-likeness (QED) is 0.774. The van der Waals surface area contributed by atoms with Gasteiger partial charge in [0.15, 0.2) is 0 Å². The zero-order chi connectivity index (χ0) is 10.7. The predicted octanol–water partition coefficient (Wildman–Crippen LogP) is 2.52. The minimum atomic E-state index is 0.345. The van der Waals surface area contributed by atoms with E-state index in [0.29, 0.717) is 17.7 Å². The third kappa shape index (κ3) is 2.60. The Morgan fingerprint density at radius 3 is 2.93 bits per heavy atom. The van der Waals surface area contributed by atoms with Gasteiger partial charge in [0.1, 0.15) is 5.78 Å². The van der Waals surface area contributed by atoms with Crippen molar-refractivity contribution in [2.24, 2.45) is 11.8 Å². The monoisotopic (exact) mass is 209 g/mol. The molecule has 1 saturated carbocycles. The van der Waals surface area contributed by atoms with E-state index >= 15 is 0 Å². The zero-order valence-corrected chi connectivity index (χ0v) is 9.80.